The van der Waals surface area contributed by atoms with Gasteiger partial charge in [-0.2, -0.15) is 10.5 Å². The van der Waals surface area contributed by atoms with E-state index in [1.54, 1.807) is 36.4 Å². The van der Waals surface area contributed by atoms with E-state index in [-0.39, 0.29) is 11.3 Å². The molecule has 1 N–H and O–H groups in total. The number of hydrogen-bond acceptors (Lipinski definition) is 4. The van der Waals surface area contributed by atoms with Crippen molar-refractivity contribution in [2.45, 2.75) is 61.8 Å². The summed E-state index contributed by atoms with van der Waals surface area (Å²) in [5.74, 6) is 0.972. The van der Waals surface area contributed by atoms with E-state index in [1.807, 2.05) is 71.9 Å². The minimum atomic E-state index is -0.332. The van der Waals surface area contributed by atoms with Gasteiger partial charge in [0, 0.05) is 5.56 Å². The van der Waals surface area contributed by atoms with Crippen LogP contribution in [0.25, 0.3) is 5.76 Å². The molecule has 0 spiro atoms. The molecule has 0 aromatic heterocycles. The molecular formula is C25H36N2O2. The third-order valence-electron chi connectivity index (χ3n) is 2.57. The lowest BCUT2D eigenvalue weighted by Crippen LogP contribution is -1.89. The molecule has 158 valence electrons. The fourth-order valence-corrected chi connectivity index (χ4v) is 1.58. The smallest absolute Gasteiger partial charge is 0.171 e. The van der Waals surface area contributed by atoms with Crippen LogP contribution in [0.3, 0.4) is 0 Å². The van der Waals surface area contributed by atoms with Crippen molar-refractivity contribution in [3.8, 4) is 23.6 Å². The predicted octanol–water partition coefficient (Wildman–Crippen LogP) is 8.29. The van der Waals surface area contributed by atoms with Crippen LogP contribution in [0.1, 0.15) is 67.4 Å². The molecule has 0 atom stereocenters. The SMILES string of the molecule is CC.CC.CC.CCC.N#CC(C#N)=C(O)c1ccc(Oc2ccccc2)cc1. The molecule has 2 rings (SSSR count). The normalized spacial score (nSPS) is 7.52. The van der Waals surface area contributed by atoms with Crippen molar-refractivity contribution in [2.75, 3.05) is 0 Å². The predicted molar refractivity (Wildman–Crippen MR) is 124 cm³/mol. The van der Waals surface area contributed by atoms with Gasteiger partial charge >= 0.3 is 0 Å². The van der Waals surface area contributed by atoms with Crippen molar-refractivity contribution in [1.82, 2.24) is 0 Å². The summed E-state index contributed by atoms with van der Waals surface area (Å²) in [6.07, 6.45) is 1.25. The van der Waals surface area contributed by atoms with E-state index in [0.29, 0.717) is 17.1 Å². The summed E-state index contributed by atoms with van der Waals surface area (Å²) in [6, 6.07) is 19.1. The van der Waals surface area contributed by atoms with Gasteiger partial charge in [0.2, 0.25) is 0 Å². The lowest BCUT2D eigenvalue weighted by Gasteiger charge is -2.06. The van der Waals surface area contributed by atoms with Crippen LogP contribution >= 0.6 is 0 Å². The maximum Gasteiger partial charge on any atom is 0.171 e. The quantitative estimate of drug-likeness (QED) is 0.418. The molecule has 0 aliphatic heterocycles. The van der Waals surface area contributed by atoms with Crippen LogP contribution in [0.2, 0.25) is 0 Å². The van der Waals surface area contributed by atoms with Gasteiger partial charge in [0.1, 0.15) is 23.6 Å². The number of allylic oxidation sites excluding steroid dienone is 1. The van der Waals surface area contributed by atoms with Gasteiger partial charge in [-0.3, -0.25) is 0 Å². The summed E-state index contributed by atoms with van der Waals surface area (Å²) >= 11 is 0. The molecule has 0 aliphatic carbocycles. The Kier molecular flexibility index (Phi) is 24.0. The fraction of sp³-hybridized carbons (Fsp3) is 0.360. The molecule has 0 radical (unpaired) electrons. The largest absolute Gasteiger partial charge is 0.505 e. The highest BCUT2D eigenvalue weighted by Gasteiger charge is 2.07. The monoisotopic (exact) mass is 396 g/mol. The van der Waals surface area contributed by atoms with Crippen molar-refractivity contribution in [2.24, 2.45) is 0 Å². The topological polar surface area (TPSA) is 77.0 Å². The Morgan fingerprint density at radius 1 is 0.759 bits per heavy atom. The second-order valence-electron chi connectivity index (χ2n) is 4.59. The molecule has 2 aromatic carbocycles. The van der Waals surface area contributed by atoms with Crippen molar-refractivity contribution in [3.63, 3.8) is 0 Å². The number of benzene rings is 2. The maximum absolute atomic E-state index is 9.75. The number of aliphatic hydroxyl groups excluding tert-OH is 1. The van der Waals surface area contributed by atoms with E-state index in [9.17, 15) is 5.11 Å². The Bertz CT molecular complexity index is 706. The first-order valence-corrected chi connectivity index (χ1v) is 10.2. The zero-order chi connectivity index (χ0) is 23.1. The van der Waals surface area contributed by atoms with Crippen LogP contribution in [-0.4, -0.2) is 5.11 Å². The summed E-state index contributed by atoms with van der Waals surface area (Å²) in [5.41, 5.74) is 0.0743. The second kappa shape index (κ2) is 22.8. The first-order chi connectivity index (χ1) is 14.2. The Morgan fingerprint density at radius 3 is 1.52 bits per heavy atom. The molecule has 4 nitrogen and oxygen atoms in total. The summed E-state index contributed by atoms with van der Waals surface area (Å²) in [4.78, 5) is 0. The van der Waals surface area contributed by atoms with E-state index >= 15 is 0 Å². The summed E-state index contributed by atoms with van der Waals surface area (Å²) in [7, 11) is 0. The zero-order valence-electron chi connectivity index (χ0n) is 19.2. The van der Waals surface area contributed by atoms with Gasteiger partial charge in [0.15, 0.2) is 11.3 Å². The third-order valence-corrected chi connectivity index (χ3v) is 2.57. The van der Waals surface area contributed by atoms with Crippen molar-refractivity contribution >= 4 is 5.76 Å². The zero-order valence-corrected chi connectivity index (χ0v) is 19.2. The highest BCUT2D eigenvalue weighted by molar-refractivity contribution is 5.69. The highest BCUT2D eigenvalue weighted by Crippen LogP contribution is 2.23. The highest BCUT2D eigenvalue weighted by atomic mass is 16.5. The molecular weight excluding hydrogens is 360 g/mol. The molecule has 0 amide bonds. The second-order valence-corrected chi connectivity index (χ2v) is 4.59. The summed E-state index contributed by atoms with van der Waals surface area (Å²) in [6.45, 7) is 16.2. The van der Waals surface area contributed by atoms with E-state index in [4.69, 9.17) is 15.3 Å². The van der Waals surface area contributed by atoms with Gasteiger partial charge in [-0.15, -0.1) is 0 Å². The summed E-state index contributed by atoms with van der Waals surface area (Å²) in [5, 5.41) is 27.1. The van der Waals surface area contributed by atoms with Crippen LogP contribution in [0, 0.1) is 22.7 Å². The average molecular weight is 397 g/mol. The minimum Gasteiger partial charge on any atom is -0.505 e. The van der Waals surface area contributed by atoms with E-state index in [0.717, 1.165) is 0 Å². The molecule has 0 heterocycles. The Labute approximate surface area is 177 Å². The molecule has 2 aromatic rings. The molecule has 0 unspecified atom stereocenters. The number of nitriles is 2. The molecule has 4 heteroatoms. The van der Waals surface area contributed by atoms with Crippen LogP contribution < -0.4 is 4.74 Å². The van der Waals surface area contributed by atoms with E-state index in [1.165, 1.54) is 6.42 Å². The Morgan fingerprint density at radius 2 is 1.14 bits per heavy atom. The number of para-hydroxylation sites is 1. The molecule has 29 heavy (non-hydrogen) atoms. The summed E-state index contributed by atoms with van der Waals surface area (Å²) < 4.78 is 5.60. The van der Waals surface area contributed by atoms with E-state index < -0.39 is 0 Å². The Hall–Kier alpha value is -3.24. The van der Waals surface area contributed by atoms with Crippen molar-refractivity contribution in [1.29, 1.82) is 10.5 Å². The fourth-order valence-electron chi connectivity index (χ4n) is 1.58. The van der Waals surface area contributed by atoms with Gasteiger partial charge in [0.05, 0.1) is 0 Å². The van der Waals surface area contributed by atoms with Crippen LogP contribution in [-0.2, 0) is 0 Å². The number of rotatable bonds is 3. The van der Waals surface area contributed by atoms with Gasteiger partial charge in [-0.25, -0.2) is 0 Å². The minimum absolute atomic E-state index is 0.318. The number of hydrogen-bond donors (Lipinski definition) is 1. The number of aliphatic hydroxyl groups is 1. The molecule has 0 aliphatic rings. The first kappa shape index (κ1) is 30.5. The van der Waals surface area contributed by atoms with Crippen molar-refractivity contribution in [3.05, 3.63) is 65.7 Å². The third kappa shape index (κ3) is 13.6. The Balaban J connectivity index is -0.000000656. The van der Waals surface area contributed by atoms with Gasteiger partial charge in [-0.05, 0) is 36.4 Å². The van der Waals surface area contributed by atoms with Gasteiger partial charge < -0.3 is 9.84 Å². The van der Waals surface area contributed by atoms with Crippen LogP contribution in [0.5, 0.6) is 11.5 Å². The lowest BCUT2D eigenvalue weighted by atomic mass is 10.1. The molecule has 0 bridgehead atoms. The molecule has 0 saturated heterocycles. The molecule has 0 fully saturated rings. The van der Waals surface area contributed by atoms with E-state index in [2.05, 4.69) is 13.8 Å². The van der Waals surface area contributed by atoms with Crippen LogP contribution in [0.15, 0.2) is 60.2 Å². The van der Waals surface area contributed by atoms with Crippen molar-refractivity contribution < 1.29 is 9.84 Å². The maximum atomic E-state index is 9.75. The number of nitrogens with zero attached hydrogens (tertiary/aromatic N) is 2. The first-order valence-electron chi connectivity index (χ1n) is 10.2. The van der Waals surface area contributed by atoms with Crippen LogP contribution in [0.4, 0.5) is 0 Å². The molecule has 0 saturated carbocycles. The lowest BCUT2D eigenvalue weighted by molar-refractivity contribution is 0.482. The van der Waals surface area contributed by atoms with Gasteiger partial charge in [0.25, 0.3) is 0 Å². The standard InChI is InChI=1S/C16H10N2O2.C3H8.3C2H6/c17-10-13(11-18)16(19)12-6-8-15(9-7-12)20-14-4-2-1-3-5-14;1-3-2;3*1-2/h1-9,19H;3H2,1-2H3;3*1-2H3. The average Bonchev–Trinajstić information content (AvgIpc) is 2.80. The van der Waals surface area contributed by atoms with Gasteiger partial charge in [-0.1, -0.05) is 80.0 Å². The number of ether oxygens (including phenoxy) is 1.